The highest BCUT2D eigenvalue weighted by molar-refractivity contribution is 8.13. The molecule has 0 spiro atoms. The molecule has 4 nitrogen and oxygen atoms in total. The summed E-state index contributed by atoms with van der Waals surface area (Å²) in [5, 5.41) is 2.95. The zero-order valence-electron chi connectivity index (χ0n) is 14.8. The number of halogens is 4. The quantitative estimate of drug-likeness (QED) is 0.716. The highest BCUT2D eigenvalue weighted by Crippen LogP contribution is 2.37. The molecule has 1 aliphatic rings. The van der Waals surface area contributed by atoms with Crippen molar-refractivity contribution in [1.29, 1.82) is 0 Å². The molecule has 0 bridgehead atoms. The molecule has 1 unspecified atom stereocenters. The zero-order valence-corrected chi connectivity index (χ0v) is 15.6. The van der Waals surface area contributed by atoms with Gasteiger partial charge < -0.3 is 11.1 Å². The molecule has 2 aromatic carbocycles. The molecule has 9 heteroatoms. The van der Waals surface area contributed by atoms with Gasteiger partial charge in [0, 0.05) is 22.6 Å². The second kappa shape index (κ2) is 7.46. The Labute approximate surface area is 163 Å². The van der Waals surface area contributed by atoms with Crippen LogP contribution in [0.2, 0.25) is 0 Å². The van der Waals surface area contributed by atoms with E-state index in [2.05, 4.69) is 10.3 Å². The molecule has 0 fully saturated rings. The predicted octanol–water partition coefficient (Wildman–Crippen LogP) is 4.76. The van der Waals surface area contributed by atoms with E-state index in [9.17, 15) is 22.4 Å². The van der Waals surface area contributed by atoms with E-state index in [4.69, 9.17) is 5.73 Å². The third-order valence-electron chi connectivity index (χ3n) is 4.47. The Morgan fingerprint density at radius 1 is 1.21 bits per heavy atom. The fourth-order valence-corrected chi connectivity index (χ4v) is 3.88. The maximum absolute atomic E-state index is 14.4. The Morgan fingerprint density at radius 3 is 2.50 bits per heavy atom. The van der Waals surface area contributed by atoms with Crippen molar-refractivity contribution in [2.75, 3.05) is 11.1 Å². The van der Waals surface area contributed by atoms with Gasteiger partial charge in [-0.05, 0) is 55.8 Å². The van der Waals surface area contributed by atoms with Crippen molar-refractivity contribution in [2.24, 2.45) is 10.7 Å². The lowest BCUT2D eigenvalue weighted by atomic mass is 9.89. The molecule has 0 saturated heterocycles. The second-order valence-electron chi connectivity index (χ2n) is 6.55. The molecule has 3 rings (SSSR count). The molecular formula is C19H17F4N3OS. The summed E-state index contributed by atoms with van der Waals surface area (Å²) in [5.74, 6) is -0.384. The summed E-state index contributed by atoms with van der Waals surface area (Å²) in [4.78, 5) is 16.7. The number of nitrogens with one attached hydrogen (secondary N) is 1. The van der Waals surface area contributed by atoms with Crippen LogP contribution in [0.5, 0.6) is 0 Å². The van der Waals surface area contributed by atoms with Crippen LogP contribution in [0.15, 0.2) is 47.5 Å². The standard InChI is InChI=1S/C19H17F4N3OS/c1-18(8-9-28-17(24)26-18)14-10-13(6-7-15(14)20)25-16(27)11-2-4-12(5-3-11)19(21,22)23/h2-7,10H,8-9H2,1H3,(H2,24,26)(H,25,27). The Bertz CT molecular complexity index is 928. The Kier molecular flexibility index (Phi) is 5.38. The number of carbonyl (C=O) groups is 1. The summed E-state index contributed by atoms with van der Waals surface area (Å²) in [6.07, 6.45) is -3.90. The van der Waals surface area contributed by atoms with Crippen LogP contribution in [0, 0.1) is 5.82 Å². The van der Waals surface area contributed by atoms with Crippen LogP contribution < -0.4 is 11.1 Å². The number of rotatable bonds is 3. The number of amides is 1. The molecule has 0 saturated carbocycles. The summed E-state index contributed by atoms with van der Waals surface area (Å²) < 4.78 is 52.3. The van der Waals surface area contributed by atoms with E-state index in [0.29, 0.717) is 28.6 Å². The first-order chi connectivity index (χ1) is 13.1. The number of nitrogens with two attached hydrogens (primary N) is 1. The average Bonchev–Trinajstić information content (AvgIpc) is 2.62. The van der Waals surface area contributed by atoms with Gasteiger partial charge in [0.25, 0.3) is 5.91 Å². The molecule has 1 heterocycles. The minimum atomic E-state index is -4.48. The number of hydrogen-bond acceptors (Lipinski definition) is 4. The van der Waals surface area contributed by atoms with E-state index >= 15 is 0 Å². The van der Waals surface area contributed by atoms with Gasteiger partial charge >= 0.3 is 6.18 Å². The Morgan fingerprint density at radius 2 is 1.89 bits per heavy atom. The van der Waals surface area contributed by atoms with Gasteiger partial charge in [-0.25, -0.2) is 4.39 Å². The zero-order chi connectivity index (χ0) is 20.5. The van der Waals surface area contributed by atoms with Crippen molar-refractivity contribution in [1.82, 2.24) is 0 Å². The maximum atomic E-state index is 14.4. The van der Waals surface area contributed by atoms with Crippen LogP contribution in [0.25, 0.3) is 0 Å². The van der Waals surface area contributed by atoms with Gasteiger partial charge in [0.2, 0.25) is 0 Å². The molecule has 2 aromatic rings. The Hall–Kier alpha value is -2.55. The van der Waals surface area contributed by atoms with Crippen LogP contribution in [-0.4, -0.2) is 16.8 Å². The molecule has 3 N–H and O–H groups in total. The molecule has 0 aliphatic carbocycles. The number of amidine groups is 1. The predicted molar refractivity (Wildman–Crippen MR) is 102 cm³/mol. The van der Waals surface area contributed by atoms with Gasteiger partial charge in [0.15, 0.2) is 5.17 Å². The van der Waals surface area contributed by atoms with Crippen LogP contribution in [0.1, 0.15) is 34.8 Å². The van der Waals surface area contributed by atoms with E-state index in [1.54, 1.807) is 6.92 Å². The topological polar surface area (TPSA) is 67.5 Å². The molecule has 1 aliphatic heterocycles. The number of aliphatic imine (C=N–C) groups is 1. The number of benzene rings is 2. The fraction of sp³-hybridized carbons (Fsp3) is 0.263. The number of nitrogens with zero attached hydrogens (tertiary/aromatic N) is 1. The van der Waals surface area contributed by atoms with Gasteiger partial charge in [0.05, 0.1) is 11.1 Å². The summed E-state index contributed by atoms with van der Waals surface area (Å²) in [5.41, 5.74) is 4.75. The lowest BCUT2D eigenvalue weighted by Crippen LogP contribution is -2.29. The molecule has 0 aromatic heterocycles. The monoisotopic (exact) mass is 411 g/mol. The summed E-state index contributed by atoms with van der Waals surface area (Å²) in [7, 11) is 0. The maximum Gasteiger partial charge on any atom is 0.416 e. The van der Waals surface area contributed by atoms with Crippen LogP contribution in [-0.2, 0) is 11.7 Å². The van der Waals surface area contributed by atoms with Gasteiger partial charge in [-0.1, -0.05) is 11.8 Å². The molecule has 148 valence electrons. The van der Waals surface area contributed by atoms with Crippen molar-refractivity contribution in [3.63, 3.8) is 0 Å². The minimum absolute atomic E-state index is 0.0569. The molecule has 1 atom stereocenters. The third-order valence-corrected chi connectivity index (χ3v) is 5.27. The normalized spacial score (nSPS) is 19.8. The fourth-order valence-electron chi connectivity index (χ4n) is 2.91. The van der Waals surface area contributed by atoms with Crippen LogP contribution in [0.4, 0.5) is 23.2 Å². The van der Waals surface area contributed by atoms with Crippen molar-refractivity contribution >= 4 is 28.5 Å². The van der Waals surface area contributed by atoms with Crippen molar-refractivity contribution in [3.8, 4) is 0 Å². The number of thioether (sulfide) groups is 1. The lowest BCUT2D eigenvalue weighted by molar-refractivity contribution is -0.137. The first kappa shape index (κ1) is 20.2. The number of carbonyl (C=O) groups excluding carboxylic acids is 1. The summed E-state index contributed by atoms with van der Waals surface area (Å²) in [6.45, 7) is 1.76. The van der Waals surface area contributed by atoms with E-state index in [0.717, 1.165) is 24.3 Å². The molecule has 0 radical (unpaired) electrons. The Balaban J connectivity index is 1.83. The van der Waals surface area contributed by atoms with Crippen LogP contribution >= 0.6 is 11.8 Å². The SMILES string of the molecule is CC1(c2cc(NC(=O)c3ccc(C(F)(F)F)cc3)ccc2F)CCSC(N)=N1. The summed E-state index contributed by atoms with van der Waals surface area (Å²) >= 11 is 1.39. The van der Waals surface area contributed by atoms with Crippen molar-refractivity contribution in [3.05, 3.63) is 65.0 Å². The summed E-state index contributed by atoms with van der Waals surface area (Å²) in [6, 6.07) is 7.93. The first-order valence-electron chi connectivity index (χ1n) is 8.35. The average molecular weight is 411 g/mol. The van der Waals surface area contributed by atoms with E-state index in [-0.39, 0.29) is 5.56 Å². The largest absolute Gasteiger partial charge is 0.416 e. The molecule has 1 amide bonds. The highest BCUT2D eigenvalue weighted by atomic mass is 32.2. The van der Waals surface area contributed by atoms with E-state index in [1.807, 2.05) is 0 Å². The van der Waals surface area contributed by atoms with Gasteiger partial charge in [-0.15, -0.1) is 0 Å². The number of alkyl halides is 3. The van der Waals surface area contributed by atoms with Crippen molar-refractivity contribution < 1.29 is 22.4 Å². The first-order valence-corrected chi connectivity index (χ1v) is 9.34. The van der Waals surface area contributed by atoms with E-state index in [1.165, 1.54) is 30.0 Å². The van der Waals surface area contributed by atoms with Gasteiger partial charge in [-0.2, -0.15) is 13.2 Å². The second-order valence-corrected chi connectivity index (χ2v) is 7.66. The highest BCUT2D eigenvalue weighted by Gasteiger charge is 2.32. The number of hydrogen-bond donors (Lipinski definition) is 2. The molecule has 28 heavy (non-hydrogen) atoms. The molecular weight excluding hydrogens is 394 g/mol. The lowest BCUT2D eigenvalue weighted by Gasteiger charge is -2.30. The van der Waals surface area contributed by atoms with Crippen molar-refractivity contribution in [2.45, 2.75) is 25.1 Å². The van der Waals surface area contributed by atoms with Gasteiger partial charge in [-0.3, -0.25) is 9.79 Å². The third kappa shape index (κ3) is 4.30. The number of anilines is 1. The van der Waals surface area contributed by atoms with E-state index < -0.39 is 29.0 Å². The van der Waals surface area contributed by atoms with Crippen LogP contribution in [0.3, 0.4) is 0 Å². The van der Waals surface area contributed by atoms with Gasteiger partial charge in [0.1, 0.15) is 5.82 Å². The minimum Gasteiger partial charge on any atom is -0.379 e. The smallest absolute Gasteiger partial charge is 0.379 e.